The summed E-state index contributed by atoms with van der Waals surface area (Å²) in [4.78, 5) is 6.10. The Labute approximate surface area is 90.8 Å². The van der Waals surface area contributed by atoms with E-state index in [1.807, 2.05) is 18.4 Å². The average Bonchev–Trinajstić information content (AvgIpc) is 2.49. The normalized spacial score (nSPS) is 11.2. The zero-order chi connectivity index (χ0) is 10.6. The van der Waals surface area contributed by atoms with E-state index in [1.165, 1.54) is 22.0 Å². The molecule has 0 spiro atoms. The summed E-state index contributed by atoms with van der Waals surface area (Å²) in [6.45, 7) is 7.58. The van der Waals surface area contributed by atoms with E-state index in [0.717, 1.165) is 13.0 Å². The number of hydrogen-bond donors (Lipinski definition) is 1. The minimum absolute atomic E-state index is 0.542. The largest absolute Gasteiger partial charge is 0.315 e. The summed E-state index contributed by atoms with van der Waals surface area (Å²) in [5.41, 5.74) is 1.28. The molecule has 1 N–H and O–H groups in total. The number of nitrogens with one attached hydrogen (secondary N) is 1. The fourth-order valence-electron chi connectivity index (χ4n) is 1.47. The molecule has 0 bridgehead atoms. The molecule has 1 heterocycles. The molecule has 0 aliphatic rings. The molecule has 1 aromatic heterocycles. The van der Waals surface area contributed by atoms with Gasteiger partial charge in [-0.05, 0) is 25.8 Å². The van der Waals surface area contributed by atoms with E-state index >= 15 is 0 Å². The summed E-state index contributed by atoms with van der Waals surface area (Å²) >= 11 is 1.86. The van der Waals surface area contributed by atoms with Crippen LogP contribution in [-0.2, 0) is 13.0 Å². The van der Waals surface area contributed by atoms with E-state index in [-0.39, 0.29) is 0 Å². The molecule has 0 amide bonds. The van der Waals surface area contributed by atoms with Crippen molar-refractivity contribution in [3.8, 4) is 0 Å². The van der Waals surface area contributed by atoms with Gasteiger partial charge in [-0.1, -0.05) is 20.8 Å². The van der Waals surface area contributed by atoms with Crippen LogP contribution < -0.4 is 5.32 Å². The van der Waals surface area contributed by atoms with Crippen LogP contribution in [0.1, 0.15) is 48.7 Å². The van der Waals surface area contributed by atoms with Gasteiger partial charge >= 0.3 is 0 Å². The summed E-state index contributed by atoms with van der Waals surface area (Å²) in [5.74, 6) is 0.542. The van der Waals surface area contributed by atoms with Crippen LogP contribution in [0.2, 0.25) is 0 Å². The molecule has 0 saturated carbocycles. The monoisotopic (exact) mass is 212 g/mol. The van der Waals surface area contributed by atoms with E-state index in [0.29, 0.717) is 5.92 Å². The number of thiazole rings is 1. The van der Waals surface area contributed by atoms with Gasteiger partial charge in [0.1, 0.15) is 0 Å². The third kappa shape index (κ3) is 2.79. The van der Waals surface area contributed by atoms with Gasteiger partial charge in [-0.2, -0.15) is 0 Å². The fraction of sp³-hybridized carbons (Fsp3) is 0.727. The predicted octanol–water partition coefficient (Wildman–Crippen LogP) is 2.94. The quantitative estimate of drug-likeness (QED) is 0.811. The zero-order valence-corrected chi connectivity index (χ0v) is 10.4. The molecule has 0 saturated heterocycles. The molecule has 3 heteroatoms. The van der Waals surface area contributed by atoms with Crippen LogP contribution in [0.4, 0.5) is 0 Å². The number of aryl methyl sites for hydroxylation is 1. The Morgan fingerprint density at radius 2 is 2.14 bits per heavy atom. The molecule has 0 aliphatic carbocycles. The van der Waals surface area contributed by atoms with Crippen molar-refractivity contribution < 1.29 is 0 Å². The summed E-state index contributed by atoms with van der Waals surface area (Å²) in [5, 5.41) is 4.50. The van der Waals surface area contributed by atoms with Crippen LogP contribution in [0.3, 0.4) is 0 Å². The molecule has 1 rings (SSSR count). The van der Waals surface area contributed by atoms with Gasteiger partial charge in [0.05, 0.1) is 10.7 Å². The second-order valence-corrected chi connectivity index (χ2v) is 5.02. The molecule has 2 nitrogen and oxygen atoms in total. The Bertz CT molecular complexity index is 279. The minimum Gasteiger partial charge on any atom is -0.315 e. The van der Waals surface area contributed by atoms with Crippen molar-refractivity contribution in [2.24, 2.45) is 0 Å². The summed E-state index contributed by atoms with van der Waals surface area (Å²) in [6, 6.07) is 0. The summed E-state index contributed by atoms with van der Waals surface area (Å²) in [7, 11) is 1.99. The van der Waals surface area contributed by atoms with Crippen molar-refractivity contribution in [1.82, 2.24) is 10.3 Å². The first kappa shape index (κ1) is 11.7. The van der Waals surface area contributed by atoms with Crippen molar-refractivity contribution in [2.75, 3.05) is 7.05 Å². The molecule has 1 aromatic rings. The lowest BCUT2D eigenvalue weighted by molar-refractivity contribution is 0.764. The highest BCUT2D eigenvalue weighted by atomic mass is 32.1. The van der Waals surface area contributed by atoms with E-state index in [1.54, 1.807) is 0 Å². The molecule has 14 heavy (non-hydrogen) atoms. The van der Waals surface area contributed by atoms with Crippen LogP contribution in [-0.4, -0.2) is 12.0 Å². The van der Waals surface area contributed by atoms with Gasteiger partial charge in [-0.15, -0.1) is 11.3 Å². The van der Waals surface area contributed by atoms with Crippen molar-refractivity contribution in [3.05, 3.63) is 15.6 Å². The Morgan fingerprint density at radius 3 is 2.64 bits per heavy atom. The number of aromatic nitrogens is 1. The lowest BCUT2D eigenvalue weighted by atomic mass is 10.1. The second-order valence-electron chi connectivity index (χ2n) is 3.85. The van der Waals surface area contributed by atoms with Crippen molar-refractivity contribution in [2.45, 2.75) is 46.1 Å². The SMILES string of the molecule is CCCc1nc(C(C)C)c(CNC)s1. The Morgan fingerprint density at radius 1 is 1.43 bits per heavy atom. The van der Waals surface area contributed by atoms with Crippen molar-refractivity contribution >= 4 is 11.3 Å². The number of nitrogens with zero attached hydrogens (tertiary/aromatic N) is 1. The number of rotatable bonds is 5. The topological polar surface area (TPSA) is 24.9 Å². The minimum atomic E-state index is 0.542. The van der Waals surface area contributed by atoms with Crippen LogP contribution in [0.25, 0.3) is 0 Å². The number of hydrogen-bond acceptors (Lipinski definition) is 3. The average molecular weight is 212 g/mol. The maximum absolute atomic E-state index is 4.70. The maximum atomic E-state index is 4.70. The van der Waals surface area contributed by atoms with Crippen LogP contribution >= 0.6 is 11.3 Å². The van der Waals surface area contributed by atoms with Gasteiger partial charge in [0.15, 0.2) is 0 Å². The van der Waals surface area contributed by atoms with E-state index < -0.39 is 0 Å². The highest BCUT2D eigenvalue weighted by molar-refractivity contribution is 7.11. The van der Waals surface area contributed by atoms with Crippen LogP contribution in [0.5, 0.6) is 0 Å². The smallest absolute Gasteiger partial charge is 0.0931 e. The molecule has 0 radical (unpaired) electrons. The first-order chi connectivity index (χ1) is 6.69. The Balaban J connectivity index is 2.87. The van der Waals surface area contributed by atoms with E-state index in [2.05, 4.69) is 26.1 Å². The molecular formula is C11H20N2S. The third-order valence-corrected chi connectivity index (χ3v) is 3.25. The Kier molecular flexibility index (Phi) is 4.55. The second kappa shape index (κ2) is 5.47. The van der Waals surface area contributed by atoms with Gasteiger partial charge in [-0.3, -0.25) is 0 Å². The highest BCUT2D eigenvalue weighted by Crippen LogP contribution is 2.25. The molecule has 0 unspecified atom stereocenters. The summed E-state index contributed by atoms with van der Waals surface area (Å²) < 4.78 is 0. The summed E-state index contributed by atoms with van der Waals surface area (Å²) in [6.07, 6.45) is 2.30. The van der Waals surface area contributed by atoms with Gasteiger partial charge in [0, 0.05) is 11.4 Å². The van der Waals surface area contributed by atoms with Crippen LogP contribution in [0.15, 0.2) is 0 Å². The lowest BCUT2D eigenvalue weighted by Gasteiger charge is -2.03. The standard InChI is InChI=1S/C11H20N2S/c1-5-6-10-13-11(8(2)3)9(14-10)7-12-4/h8,12H,5-7H2,1-4H3. The van der Waals surface area contributed by atoms with Gasteiger partial charge in [-0.25, -0.2) is 4.98 Å². The molecule has 0 aromatic carbocycles. The third-order valence-electron chi connectivity index (χ3n) is 2.12. The first-order valence-corrected chi connectivity index (χ1v) is 6.13. The van der Waals surface area contributed by atoms with Gasteiger partial charge in [0.25, 0.3) is 0 Å². The fourth-order valence-corrected chi connectivity index (χ4v) is 2.81. The zero-order valence-electron chi connectivity index (χ0n) is 9.55. The van der Waals surface area contributed by atoms with Crippen molar-refractivity contribution in [3.63, 3.8) is 0 Å². The van der Waals surface area contributed by atoms with E-state index in [4.69, 9.17) is 4.98 Å². The molecule has 0 fully saturated rings. The van der Waals surface area contributed by atoms with Crippen molar-refractivity contribution in [1.29, 1.82) is 0 Å². The predicted molar refractivity (Wildman–Crippen MR) is 63.0 cm³/mol. The molecular weight excluding hydrogens is 192 g/mol. The lowest BCUT2D eigenvalue weighted by Crippen LogP contribution is -2.06. The van der Waals surface area contributed by atoms with E-state index in [9.17, 15) is 0 Å². The molecule has 80 valence electrons. The highest BCUT2D eigenvalue weighted by Gasteiger charge is 2.12. The maximum Gasteiger partial charge on any atom is 0.0931 e. The Hall–Kier alpha value is -0.410. The van der Waals surface area contributed by atoms with Gasteiger partial charge < -0.3 is 5.32 Å². The molecule has 0 aliphatic heterocycles. The molecule has 0 atom stereocenters. The first-order valence-electron chi connectivity index (χ1n) is 5.32. The van der Waals surface area contributed by atoms with Gasteiger partial charge in [0.2, 0.25) is 0 Å². The van der Waals surface area contributed by atoms with Crippen LogP contribution in [0, 0.1) is 0 Å².